The van der Waals surface area contributed by atoms with Crippen LogP contribution < -0.4 is 5.73 Å². The Hall–Kier alpha value is -2.55. The number of rotatable bonds is 2. The molecule has 1 heterocycles. The summed E-state index contributed by atoms with van der Waals surface area (Å²) < 4.78 is 5.15. The van der Waals surface area contributed by atoms with Crippen LogP contribution in [0.15, 0.2) is 53.1 Å². The number of hydrogen-bond donors (Lipinski definition) is 1. The van der Waals surface area contributed by atoms with E-state index in [1.165, 1.54) is 11.1 Å². The van der Waals surface area contributed by atoms with Gasteiger partial charge in [-0.3, -0.25) is 0 Å². The molecule has 100 valence electrons. The average Bonchev–Trinajstić information content (AvgIpc) is 2.89. The summed E-state index contributed by atoms with van der Waals surface area (Å²) in [6.07, 6.45) is 1.60. The van der Waals surface area contributed by atoms with Gasteiger partial charge in [-0.2, -0.15) is 4.98 Å². The molecule has 2 N–H and O–H groups in total. The van der Waals surface area contributed by atoms with Gasteiger partial charge in [0.25, 0.3) is 6.01 Å². The lowest BCUT2D eigenvalue weighted by atomic mass is 9.93. The van der Waals surface area contributed by atoms with Gasteiger partial charge in [-0.15, -0.1) is 0 Å². The molecule has 0 amide bonds. The van der Waals surface area contributed by atoms with Gasteiger partial charge in [-0.05, 0) is 42.2 Å². The Kier molecular flexibility index (Phi) is 3.03. The number of oxazole rings is 1. The van der Waals surface area contributed by atoms with Crippen LogP contribution in [0.2, 0.25) is 0 Å². The first-order valence-corrected chi connectivity index (χ1v) is 6.53. The van der Waals surface area contributed by atoms with E-state index in [1.54, 1.807) is 6.26 Å². The molecule has 0 saturated heterocycles. The molecule has 0 radical (unpaired) electrons. The Morgan fingerprint density at radius 1 is 0.950 bits per heavy atom. The molecule has 0 unspecified atom stereocenters. The SMILES string of the molecule is Cc1cc(-c2ccccc2)c(-c2coc(N)n2)cc1C. The van der Waals surface area contributed by atoms with Crippen molar-refractivity contribution in [3.05, 3.63) is 59.9 Å². The van der Waals surface area contributed by atoms with Gasteiger partial charge in [-0.1, -0.05) is 36.4 Å². The van der Waals surface area contributed by atoms with Crippen LogP contribution >= 0.6 is 0 Å². The van der Waals surface area contributed by atoms with E-state index < -0.39 is 0 Å². The number of benzene rings is 2. The fourth-order valence-corrected chi connectivity index (χ4v) is 2.30. The minimum absolute atomic E-state index is 0.192. The van der Waals surface area contributed by atoms with E-state index in [9.17, 15) is 0 Å². The highest BCUT2D eigenvalue weighted by Gasteiger charge is 2.12. The second-order valence-corrected chi connectivity index (χ2v) is 4.92. The molecule has 3 nitrogen and oxygen atoms in total. The summed E-state index contributed by atoms with van der Waals surface area (Å²) in [4.78, 5) is 4.25. The van der Waals surface area contributed by atoms with Crippen molar-refractivity contribution in [2.24, 2.45) is 0 Å². The highest BCUT2D eigenvalue weighted by Crippen LogP contribution is 2.34. The van der Waals surface area contributed by atoms with Crippen LogP contribution in [-0.4, -0.2) is 4.98 Å². The van der Waals surface area contributed by atoms with Crippen LogP contribution in [-0.2, 0) is 0 Å². The van der Waals surface area contributed by atoms with Gasteiger partial charge in [-0.25, -0.2) is 0 Å². The van der Waals surface area contributed by atoms with Crippen molar-refractivity contribution < 1.29 is 4.42 Å². The molecule has 0 bridgehead atoms. The summed E-state index contributed by atoms with van der Waals surface area (Å²) in [5, 5.41) is 0. The number of aryl methyl sites for hydroxylation is 2. The largest absolute Gasteiger partial charge is 0.432 e. The van der Waals surface area contributed by atoms with Gasteiger partial charge in [0.1, 0.15) is 12.0 Å². The van der Waals surface area contributed by atoms with Gasteiger partial charge in [0.2, 0.25) is 0 Å². The highest BCUT2D eigenvalue weighted by molar-refractivity contribution is 5.83. The fraction of sp³-hybridized carbons (Fsp3) is 0.118. The molecular formula is C17H16N2O. The zero-order valence-corrected chi connectivity index (χ0v) is 11.6. The Bertz CT molecular complexity index is 745. The van der Waals surface area contributed by atoms with Gasteiger partial charge in [0.15, 0.2) is 0 Å². The lowest BCUT2D eigenvalue weighted by Gasteiger charge is -2.11. The number of nitrogens with two attached hydrogens (primary N) is 1. The van der Waals surface area contributed by atoms with E-state index in [2.05, 4.69) is 43.1 Å². The summed E-state index contributed by atoms with van der Waals surface area (Å²) in [5.41, 5.74) is 12.2. The molecule has 0 aliphatic rings. The monoisotopic (exact) mass is 264 g/mol. The molecule has 3 aromatic rings. The lowest BCUT2D eigenvalue weighted by molar-refractivity contribution is 0.581. The van der Waals surface area contributed by atoms with Crippen molar-refractivity contribution in [1.29, 1.82) is 0 Å². The predicted molar refractivity (Wildman–Crippen MR) is 81.3 cm³/mol. The van der Waals surface area contributed by atoms with Crippen LogP contribution in [0.1, 0.15) is 11.1 Å². The van der Waals surface area contributed by atoms with Crippen molar-refractivity contribution >= 4 is 6.01 Å². The number of hydrogen-bond acceptors (Lipinski definition) is 3. The first-order valence-electron chi connectivity index (χ1n) is 6.53. The third-order valence-corrected chi connectivity index (χ3v) is 3.52. The van der Waals surface area contributed by atoms with Gasteiger partial charge in [0, 0.05) is 5.56 Å². The van der Waals surface area contributed by atoms with Crippen molar-refractivity contribution in [1.82, 2.24) is 4.98 Å². The number of anilines is 1. The summed E-state index contributed by atoms with van der Waals surface area (Å²) in [7, 11) is 0. The van der Waals surface area contributed by atoms with E-state index in [-0.39, 0.29) is 6.01 Å². The minimum atomic E-state index is 0.192. The maximum Gasteiger partial charge on any atom is 0.292 e. The maximum absolute atomic E-state index is 5.59. The molecule has 0 aliphatic heterocycles. The van der Waals surface area contributed by atoms with Crippen LogP contribution in [0.4, 0.5) is 6.01 Å². The molecule has 0 atom stereocenters. The molecule has 0 saturated carbocycles. The summed E-state index contributed by atoms with van der Waals surface area (Å²) in [5.74, 6) is 0. The molecule has 3 heteroatoms. The van der Waals surface area contributed by atoms with Crippen LogP contribution in [0.25, 0.3) is 22.4 Å². The first kappa shape index (κ1) is 12.5. The van der Waals surface area contributed by atoms with Crippen molar-refractivity contribution in [2.45, 2.75) is 13.8 Å². The predicted octanol–water partition coefficient (Wildman–Crippen LogP) is 4.21. The standard InChI is InChI=1S/C17H16N2O/c1-11-8-14(13-6-4-3-5-7-13)15(9-12(11)2)16-10-20-17(18)19-16/h3-10H,1-2H3,(H2,18,19). The van der Waals surface area contributed by atoms with Crippen molar-refractivity contribution in [3.8, 4) is 22.4 Å². The Morgan fingerprint density at radius 3 is 2.20 bits per heavy atom. The smallest absolute Gasteiger partial charge is 0.292 e. The number of nitrogens with zero attached hydrogens (tertiary/aromatic N) is 1. The fourth-order valence-electron chi connectivity index (χ4n) is 2.30. The van der Waals surface area contributed by atoms with Crippen LogP contribution in [0.5, 0.6) is 0 Å². The molecule has 3 rings (SSSR count). The number of aromatic nitrogens is 1. The molecule has 1 aromatic heterocycles. The van der Waals surface area contributed by atoms with Gasteiger partial charge in [0.05, 0.1) is 0 Å². The highest BCUT2D eigenvalue weighted by atomic mass is 16.4. The molecule has 0 aliphatic carbocycles. The van der Waals surface area contributed by atoms with Crippen LogP contribution in [0.3, 0.4) is 0 Å². The quantitative estimate of drug-likeness (QED) is 0.754. The normalized spacial score (nSPS) is 10.7. The van der Waals surface area contributed by atoms with E-state index in [0.717, 1.165) is 22.4 Å². The van der Waals surface area contributed by atoms with Gasteiger partial charge >= 0.3 is 0 Å². The molecule has 2 aromatic carbocycles. The van der Waals surface area contributed by atoms with E-state index in [1.807, 2.05) is 18.2 Å². The third-order valence-electron chi connectivity index (χ3n) is 3.52. The minimum Gasteiger partial charge on any atom is -0.432 e. The summed E-state index contributed by atoms with van der Waals surface area (Å²) >= 11 is 0. The Labute approximate surface area is 118 Å². The molecule has 20 heavy (non-hydrogen) atoms. The van der Waals surface area contributed by atoms with E-state index >= 15 is 0 Å². The molecule has 0 spiro atoms. The number of nitrogen functional groups attached to an aromatic ring is 1. The van der Waals surface area contributed by atoms with Crippen molar-refractivity contribution in [3.63, 3.8) is 0 Å². The Balaban J connectivity index is 2.25. The summed E-state index contributed by atoms with van der Waals surface area (Å²) in [6.45, 7) is 4.21. The zero-order valence-electron chi connectivity index (χ0n) is 11.6. The molecular weight excluding hydrogens is 248 g/mol. The first-order chi connectivity index (χ1) is 9.65. The second-order valence-electron chi connectivity index (χ2n) is 4.92. The van der Waals surface area contributed by atoms with Crippen molar-refractivity contribution in [2.75, 3.05) is 5.73 Å². The maximum atomic E-state index is 5.59. The molecule has 0 fully saturated rings. The topological polar surface area (TPSA) is 52.0 Å². The lowest BCUT2D eigenvalue weighted by Crippen LogP contribution is -1.91. The van der Waals surface area contributed by atoms with E-state index in [4.69, 9.17) is 10.2 Å². The zero-order chi connectivity index (χ0) is 14.1. The van der Waals surface area contributed by atoms with Crippen LogP contribution in [0, 0.1) is 13.8 Å². The van der Waals surface area contributed by atoms with E-state index in [0.29, 0.717) is 0 Å². The summed E-state index contributed by atoms with van der Waals surface area (Å²) in [6, 6.07) is 14.8. The Morgan fingerprint density at radius 2 is 1.60 bits per heavy atom. The van der Waals surface area contributed by atoms with Gasteiger partial charge < -0.3 is 10.2 Å². The second kappa shape index (κ2) is 4.85. The third kappa shape index (κ3) is 2.18. The average molecular weight is 264 g/mol.